The Morgan fingerprint density at radius 2 is 1.80 bits per heavy atom. The summed E-state index contributed by atoms with van der Waals surface area (Å²) >= 11 is 5.95. The van der Waals surface area contributed by atoms with Gasteiger partial charge in [0.05, 0.1) is 5.69 Å². The van der Waals surface area contributed by atoms with Gasteiger partial charge in [-0.25, -0.2) is 4.98 Å². The van der Waals surface area contributed by atoms with Crippen molar-refractivity contribution in [3.63, 3.8) is 0 Å². The van der Waals surface area contributed by atoms with Crippen molar-refractivity contribution in [2.24, 2.45) is 0 Å². The van der Waals surface area contributed by atoms with E-state index in [4.69, 9.17) is 11.6 Å². The third-order valence-corrected chi connectivity index (χ3v) is 2.47. The average molecular weight is 219 g/mol. The molecule has 15 heavy (non-hydrogen) atoms. The van der Waals surface area contributed by atoms with E-state index in [1.807, 2.05) is 43.3 Å². The zero-order valence-electron chi connectivity index (χ0n) is 8.37. The SMILES string of the molecule is Cc1ccccc1Nc1cccnc1Cl. The lowest BCUT2D eigenvalue weighted by Gasteiger charge is -2.09. The number of hydrogen-bond acceptors (Lipinski definition) is 2. The van der Waals surface area contributed by atoms with Gasteiger partial charge in [-0.15, -0.1) is 0 Å². The van der Waals surface area contributed by atoms with Gasteiger partial charge in [0, 0.05) is 11.9 Å². The van der Waals surface area contributed by atoms with Gasteiger partial charge in [-0.3, -0.25) is 0 Å². The second-order valence-corrected chi connectivity index (χ2v) is 3.64. The number of pyridine rings is 1. The van der Waals surface area contributed by atoms with E-state index in [2.05, 4.69) is 10.3 Å². The van der Waals surface area contributed by atoms with Crippen LogP contribution in [0.15, 0.2) is 42.6 Å². The molecule has 0 unspecified atom stereocenters. The van der Waals surface area contributed by atoms with Crippen LogP contribution in [-0.4, -0.2) is 4.98 Å². The molecule has 0 aliphatic carbocycles. The molecular weight excluding hydrogens is 208 g/mol. The van der Waals surface area contributed by atoms with Crippen molar-refractivity contribution < 1.29 is 0 Å². The molecule has 1 heterocycles. The van der Waals surface area contributed by atoms with Gasteiger partial charge in [0.1, 0.15) is 0 Å². The fourth-order valence-corrected chi connectivity index (χ4v) is 1.50. The summed E-state index contributed by atoms with van der Waals surface area (Å²) in [6, 6.07) is 11.8. The van der Waals surface area contributed by atoms with E-state index in [-0.39, 0.29) is 0 Å². The number of hydrogen-bond donors (Lipinski definition) is 1. The van der Waals surface area contributed by atoms with Crippen LogP contribution in [0.2, 0.25) is 5.15 Å². The van der Waals surface area contributed by atoms with Crippen LogP contribution >= 0.6 is 11.6 Å². The highest BCUT2D eigenvalue weighted by molar-refractivity contribution is 6.32. The molecule has 0 fully saturated rings. The maximum absolute atomic E-state index is 5.95. The van der Waals surface area contributed by atoms with Gasteiger partial charge in [0.15, 0.2) is 5.15 Å². The van der Waals surface area contributed by atoms with Gasteiger partial charge in [-0.1, -0.05) is 29.8 Å². The minimum atomic E-state index is 0.487. The van der Waals surface area contributed by atoms with Crippen LogP contribution in [0.25, 0.3) is 0 Å². The first-order valence-corrected chi connectivity index (χ1v) is 5.08. The summed E-state index contributed by atoms with van der Waals surface area (Å²) in [5, 5.41) is 3.73. The number of halogens is 1. The molecule has 76 valence electrons. The minimum absolute atomic E-state index is 0.487. The highest BCUT2D eigenvalue weighted by Gasteiger charge is 2.01. The summed E-state index contributed by atoms with van der Waals surface area (Å²) in [5.74, 6) is 0. The van der Waals surface area contributed by atoms with Crippen LogP contribution in [0.4, 0.5) is 11.4 Å². The van der Waals surface area contributed by atoms with Crippen molar-refractivity contribution in [2.75, 3.05) is 5.32 Å². The van der Waals surface area contributed by atoms with Gasteiger partial charge in [-0.2, -0.15) is 0 Å². The zero-order valence-corrected chi connectivity index (χ0v) is 9.12. The van der Waals surface area contributed by atoms with Crippen LogP contribution in [0.5, 0.6) is 0 Å². The summed E-state index contributed by atoms with van der Waals surface area (Å²) in [7, 11) is 0. The monoisotopic (exact) mass is 218 g/mol. The fourth-order valence-electron chi connectivity index (χ4n) is 1.34. The first kappa shape index (κ1) is 9.99. The van der Waals surface area contributed by atoms with Gasteiger partial charge < -0.3 is 5.32 Å². The Morgan fingerprint density at radius 1 is 1.07 bits per heavy atom. The molecule has 0 saturated heterocycles. The molecule has 0 spiro atoms. The van der Waals surface area contributed by atoms with Gasteiger partial charge in [0.25, 0.3) is 0 Å². The first-order chi connectivity index (χ1) is 7.27. The van der Waals surface area contributed by atoms with Gasteiger partial charge in [0.2, 0.25) is 0 Å². The minimum Gasteiger partial charge on any atom is -0.353 e. The zero-order chi connectivity index (χ0) is 10.7. The lowest BCUT2D eigenvalue weighted by Crippen LogP contribution is -1.94. The number of benzene rings is 1. The molecule has 0 radical (unpaired) electrons. The third-order valence-electron chi connectivity index (χ3n) is 2.17. The average Bonchev–Trinajstić information content (AvgIpc) is 2.24. The van der Waals surface area contributed by atoms with Crippen molar-refractivity contribution in [3.05, 3.63) is 53.3 Å². The van der Waals surface area contributed by atoms with Crippen molar-refractivity contribution in [2.45, 2.75) is 6.92 Å². The number of anilines is 2. The summed E-state index contributed by atoms with van der Waals surface area (Å²) < 4.78 is 0. The Labute approximate surface area is 93.9 Å². The molecule has 0 atom stereocenters. The summed E-state index contributed by atoms with van der Waals surface area (Å²) in [6.45, 7) is 2.05. The number of aryl methyl sites for hydroxylation is 1. The van der Waals surface area contributed by atoms with Gasteiger partial charge in [-0.05, 0) is 30.7 Å². The number of aromatic nitrogens is 1. The quantitative estimate of drug-likeness (QED) is 0.776. The maximum Gasteiger partial charge on any atom is 0.152 e. The molecule has 0 bridgehead atoms. The molecule has 0 saturated carbocycles. The van der Waals surface area contributed by atoms with Crippen molar-refractivity contribution >= 4 is 23.0 Å². The molecule has 0 amide bonds. The Balaban J connectivity index is 2.30. The van der Waals surface area contributed by atoms with E-state index < -0.39 is 0 Å². The second-order valence-electron chi connectivity index (χ2n) is 3.28. The summed E-state index contributed by atoms with van der Waals surface area (Å²) in [6.07, 6.45) is 1.67. The Kier molecular flexibility index (Phi) is 2.88. The third kappa shape index (κ3) is 2.28. The molecule has 1 aromatic heterocycles. The van der Waals surface area contributed by atoms with Crippen LogP contribution in [0, 0.1) is 6.92 Å². The normalized spacial score (nSPS) is 10.0. The van der Waals surface area contributed by atoms with E-state index >= 15 is 0 Å². The van der Waals surface area contributed by atoms with Crippen LogP contribution in [0.3, 0.4) is 0 Å². The predicted molar refractivity (Wildman–Crippen MR) is 63.7 cm³/mol. The van der Waals surface area contributed by atoms with E-state index in [9.17, 15) is 0 Å². The van der Waals surface area contributed by atoms with Crippen molar-refractivity contribution in [1.82, 2.24) is 4.98 Å². The smallest absolute Gasteiger partial charge is 0.152 e. The Hall–Kier alpha value is -1.54. The molecule has 2 rings (SSSR count). The molecule has 0 aliphatic rings. The molecule has 1 aromatic carbocycles. The standard InChI is InChI=1S/C12H11ClN2/c1-9-5-2-3-6-10(9)15-11-7-4-8-14-12(11)13/h2-8,15H,1H3. The highest BCUT2D eigenvalue weighted by Crippen LogP contribution is 2.24. The Bertz CT molecular complexity index is 425. The van der Waals surface area contributed by atoms with Crippen LogP contribution in [0.1, 0.15) is 5.56 Å². The second kappa shape index (κ2) is 4.32. The molecule has 2 aromatic rings. The molecule has 0 aliphatic heterocycles. The van der Waals surface area contributed by atoms with Crippen molar-refractivity contribution in [1.29, 1.82) is 0 Å². The topological polar surface area (TPSA) is 24.9 Å². The largest absolute Gasteiger partial charge is 0.353 e. The van der Waals surface area contributed by atoms with Gasteiger partial charge >= 0.3 is 0 Å². The molecule has 3 heteroatoms. The maximum atomic E-state index is 5.95. The fraction of sp³-hybridized carbons (Fsp3) is 0.0833. The lowest BCUT2D eigenvalue weighted by molar-refractivity contribution is 1.31. The van der Waals surface area contributed by atoms with E-state index in [1.165, 1.54) is 5.56 Å². The molecular formula is C12H11ClN2. The molecule has 2 nitrogen and oxygen atoms in total. The molecule has 1 N–H and O–H groups in total. The number of nitrogens with zero attached hydrogens (tertiary/aromatic N) is 1. The van der Waals surface area contributed by atoms with Crippen molar-refractivity contribution in [3.8, 4) is 0 Å². The van der Waals surface area contributed by atoms with E-state index in [1.54, 1.807) is 6.20 Å². The Morgan fingerprint density at radius 3 is 2.53 bits per heavy atom. The van der Waals surface area contributed by atoms with Crippen LogP contribution < -0.4 is 5.32 Å². The van der Waals surface area contributed by atoms with Crippen LogP contribution in [-0.2, 0) is 0 Å². The lowest BCUT2D eigenvalue weighted by atomic mass is 10.2. The summed E-state index contributed by atoms with van der Waals surface area (Å²) in [4.78, 5) is 4.01. The summed E-state index contributed by atoms with van der Waals surface area (Å²) in [5.41, 5.74) is 3.05. The predicted octanol–water partition coefficient (Wildman–Crippen LogP) is 3.79. The number of rotatable bonds is 2. The highest BCUT2D eigenvalue weighted by atomic mass is 35.5. The van der Waals surface area contributed by atoms with E-state index in [0.717, 1.165) is 11.4 Å². The number of nitrogens with one attached hydrogen (secondary N) is 1. The number of para-hydroxylation sites is 1. The first-order valence-electron chi connectivity index (χ1n) is 4.70. The van der Waals surface area contributed by atoms with E-state index in [0.29, 0.717) is 5.15 Å².